The fraction of sp³-hybridized carbons (Fsp3) is 0.348. The number of alkyl halides is 3. The second-order valence-corrected chi connectivity index (χ2v) is 7.80. The Balaban J connectivity index is 0.000000339. The van der Waals surface area contributed by atoms with Crippen LogP contribution in [-0.2, 0) is 24.4 Å². The summed E-state index contributed by atoms with van der Waals surface area (Å²) in [5.41, 5.74) is 8.15. The number of rotatable bonds is 5. The summed E-state index contributed by atoms with van der Waals surface area (Å²) < 4.78 is 31.7. The van der Waals surface area contributed by atoms with Crippen molar-refractivity contribution in [1.82, 2.24) is 15.2 Å². The van der Waals surface area contributed by atoms with Gasteiger partial charge in [-0.1, -0.05) is 30.3 Å². The van der Waals surface area contributed by atoms with Gasteiger partial charge in [0, 0.05) is 49.3 Å². The fourth-order valence-corrected chi connectivity index (χ4v) is 3.77. The number of nitrogens with zero attached hydrogens (tertiary/aromatic N) is 1. The molecule has 4 rings (SSSR count). The lowest BCUT2D eigenvalue weighted by Crippen LogP contribution is -2.28. The average Bonchev–Trinajstić information content (AvgIpc) is 3.28. The van der Waals surface area contributed by atoms with Crippen LogP contribution in [0.15, 0.2) is 42.5 Å². The van der Waals surface area contributed by atoms with Crippen molar-refractivity contribution in [2.45, 2.75) is 39.7 Å². The molecule has 1 aliphatic heterocycles. The molecule has 0 spiro atoms. The number of aromatic amines is 1. The Hall–Kier alpha value is -2.84. The van der Waals surface area contributed by atoms with Gasteiger partial charge in [-0.25, -0.2) is 4.79 Å². The summed E-state index contributed by atoms with van der Waals surface area (Å²) in [5, 5.41) is 12.0. The minimum absolute atomic E-state index is 0.897. The number of H-pyrrole nitrogens is 1. The molecule has 5 nitrogen and oxygen atoms in total. The van der Waals surface area contributed by atoms with Gasteiger partial charge in [-0.3, -0.25) is 4.90 Å². The van der Waals surface area contributed by atoms with Crippen molar-refractivity contribution in [2.75, 3.05) is 13.1 Å². The molecule has 0 radical (unpaired) electrons. The third-order valence-electron chi connectivity index (χ3n) is 5.21. The highest BCUT2D eigenvalue weighted by Crippen LogP contribution is 2.22. The molecule has 2 aromatic carbocycles. The molecule has 0 atom stereocenters. The number of aryl methyl sites for hydroxylation is 2. The van der Waals surface area contributed by atoms with Gasteiger partial charge in [-0.15, -0.1) is 0 Å². The number of benzene rings is 2. The van der Waals surface area contributed by atoms with Crippen LogP contribution in [-0.4, -0.2) is 40.2 Å². The number of carboxylic acid groups (broad SMARTS) is 1. The topological polar surface area (TPSA) is 68.4 Å². The van der Waals surface area contributed by atoms with Crippen molar-refractivity contribution >= 4 is 16.9 Å². The molecule has 0 amide bonds. The number of halogens is 3. The predicted octanol–water partition coefficient (Wildman–Crippen LogP) is 4.52. The van der Waals surface area contributed by atoms with E-state index in [9.17, 15) is 13.2 Å². The first-order valence-corrected chi connectivity index (χ1v) is 10.0. The van der Waals surface area contributed by atoms with Crippen molar-refractivity contribution in [3.05, 3.63) is 70.4 Å². The van der Waals surface area contributed by atoms with Crippen LogP contribution in [0.2, 0.25) is 0 Å². The van der Waals surface area contributed by atoms with Crippen molar-refractivity contribution < 1.29 is 23.1 Å². The Morgan fingerprint density at radius 1 is 1.13 bits per heavy atom. The Kier molecular flexibility index (Phi) is 7.02. The van der Waals surface area contributed by atoms with E-state index in [1.54, 1.807) is 0 Å². The third-order valence-corrected chi connectivity index (χ3v) is 5.21. The summed E-state index contributed by atoms with van der Waals surface area (Å²) in [6.07, 6.45) is -5.08. The normalized spacial score (nSPS) is 13.7. The van der Waals surface area contributed by atoms with Crippen LogP contribution in [0, 0.1) is 13.8 Å². The number of fused-ring (bicyclic) bond motifs is 2. The molecule has 1 aromatic heterocycles. The number of carbonyl (C=O) groups is 1. The van der Waals surface area contributed by atoms with Crippen LogP contribution in [0.5, 0.6) is 0 Å². The third kappa shape index (κ3) is 6.08. The Morgan fingerprint density at radius 2 is 1.74 bits per heavy atom. The highest BCUT2D eigenvalue weighted by atomic mass is 19.4. The minimum Gasteiger partial charge on any atom is -0.475 e. The lowest BCUT2D eigenvalue weighted by Gasteiger charge is -2.14. The van der Waals surface area contributed by atoms with E-state index in [4.69, 9.17) is 9.90 Å². The first-order chi connectivity index (χ1) is 14.6. The van der Waals surface area contributed by atoms with E-state index in [1.165, 1.54) is 38.9 Å². The van der Waals surface area contributed by atoms with Crippen molar-refractivity contribution in [2.24, 2.45) is 0 Å². The monoisotopic (exact) mass is 433 g/mol. The van der Waals surface area contributed by atoms with E-state index < -0.39 is 12.1 Å². The zero-order valence-corrected chi connectivity index (χ0v) is 17.5. The summed E-state index contributed by atoms with van der Waals surface area (Å²) in [6.45, 7) is 9.51. The maximum atomic E-state index is 10.6. The number of carboxylic acids is 1. The molecule has 166 valence electrons. The number of hydrogen-bond acceptors (Lipinski definition) is 3. The van der Waals surface area contributed by atoms with Gasteiger partial charge in [0.1, 0.15) is 0 Å². The summed E-state index contributed by atoms with van der Waals surface area (Å²) in [7, 11) is 0. The SMILES string of the molecule is Cc1cc(C)c2cc(CNCCN3Cc4ccccc4C3)[nH]c2c1.O=C(O)C(F)(F)F. The molecule has 0 bridgehead atoms. The van der Waals surface area contributed by atoms with Crippen molar-refractivity contribution in [1.29, 1.82) is 0 Å². The maximum absolute atomic E-state index is 10.6. The van der Waals surface area contributed by atoms with Crippen molar-refractivity contribution in [3.63, 3.8) is 0 Å². The largest absolute Gasteiger partial charge is 0.490 e. The molecule has 0 fully saturated rings. The van der Waals surface area contributed by atoms with E-state index >= 15 is 0 Å². The molecule has 8 heteroatoms. The number of nitrogens with one attached hydrogen (secondary N) is 2. The van der Waals surface area contributed by atoms with Crippen LogP contribution in [0.3, 0.4) is 0 Å². The zero-order chi connectivity index (χ0) is 22.6. The molecule has 0 saturated carbocycles. The summed E-state index contributed by atoms with van der Waals surface area (Å²) in [4.78, 5) is 14.9. The second-order valence-electron chi connectivity index (χ2n) is 7.80. The molecule has 0 aliphatic carbocycles. The first kappa shape index (κ1) is 22.8. The molecule has 3 N–H and O–H groups in total. The average molecular weight is 433 g/mol. The van der Waals surface area contributed by atoms with Gasteiger partial charge in [0.2, 0.25) is 0 Å². The van der Waals surface area contributed by atoms with Gasteiger partial charge < -0.3 is 15.4 Å². The Bertz CT molecular complexity index is 1030. The highest BCUT2D eigenvalue weighted by Gasteiger charge is 2.38. The van der Waals surface area contributed by atoms with Crippen LogP contribution in [0.4, 0.5) is 13.2 Å². The summed E-state index contributed by atoms with van der Waals surface area (Å²) in [6, 6.07) is 15.5. The number of aliphatic carboxylic acids is 1. The van der Waals surface area contributed by atoms with Gasteiger partial charge in [-0.2, -0.15) is 13.2 Å². The minimum atomic E-state index is -5.08. The standard InChI is InChI=1S/C21H25N3.C2HF3O2/c1-15-9-16(2)20-11-19(23-21(20)10-15)12-22-7-8-24-13-17-5-3-4-6-18(17)14-24;3-2(4,5)1(6)7/h3-6,9-11,22-23H,7-8,12-14H2,1-2H3;(H,6,7). The lowest BCUT2D eigenvalue weighted by atomic mass is 10.1. The van der Waals surface area contributed by atoms with Crippen molar-refractivity contribution in [3.8, 4) is 0 Å². The van der Waals surface area contributed by atoms with E-state index in [1.807, 2.05) is 0 Å². The van der Waals surface area contributed by atoms with E-state index in [2.05, 4.69) is 71.5 Å². The molecular formula is C23H26F3N3O2. The summed E-state index contributed by atoms with van der Waals surface area (Å²) in [5.74, 6) is -2.76. The Labute approximate surface area is 178 Å². The van der Waals surface area contributed by atoms with Crippen LogP contribution in [0.25, 0.3) is 10.9 Å². The van der Waals surface area contributed by atoms with Gasteiger partial charge >= 0.3 is 12.1 Å². The fourth-order valence-electron chi connectivity index (χ4n) is 3.77. The molecule has 3 aromatic rings. The molecule has 0 unspecified atom stereocenters. The molecule has 1 aliphatic rings. The molecular weight excluding hydrogens is 407 g/mol. The van der Waals surface area contributed by atoms with Crippen LogP contribution in [0.1, 0.15) is 27.9 Å². The first-order valence-electron chi connectivity index (χ1n) is 10.0. The lowest BCUT2D eigenvalue weighted by molar-refractivity contribution is -0.192. The van der Waals surface area contributed by atoms with Gasteiger partial charge in [0.25, 0.3) is 0 Å². The van der Waals surface area contributed by atoms with E-state index in [-0.39, 0.29) is 0 Å². The quantitative estimate of drug-likeness (QED) is 0.518. The maximum Gasteiger partial charge on any atom is 0.490 e. The van der Waals surface area contributed by atoms with E-state index in [0.29, 0.717) is 0 Å². The molecule has 31 heavy (non-hydrogen) atoms. The molecule has 2 heterocycles. The van der Waals surface area contributed by atoms with Gasteiger partial charge in [0.05, 0.1) is 0 Å². The zero-order valence-electron chi connectivity index (χ0n) is 17.5. The predicted molar refractivity (Wildman–Crippen MR) is 114 cm³/mol. The second kappa shape index (κ2) is 9.53. The Morgan fingerprint density at radius 3 is 2.32 bits per heavy atom. The number of hydrogen-bond donors (Lipinski definition) is 3. The smallest absolute Gasteiger partial charge is 0.475 e. The van der Waals surface area contributed by atoms with E-state index in [0.717, 1.165) is 32.7 Å². The van der Waals surface area contributed by atoms with Crippen LogP contribution < -0.4 is 5.32 Å². The number of aromatic nitrogens is 1. The summed E-state index contributed by atoms with van der Waals surface area (Å²) >= 11 is 0. The van der Waals surface area contributed by atoms with Gasteiger partial charge in [-0.05, 0) is 48.2 Å². The highest BCUT2D eigenvalue weighted by molar-refractivity contribution is 5.84. The van der Waals surface area contributed by atoms with Crippen LogP contribution >= 0.6 is 0 Å². The molecule has 0 saturated heterocycles. The van der Waals surface area contributed by atoms with Gasteiger partial charge in [0.15, 0.2) is 0 Å².